The predicted molar refractivity (Wildman–Crippen MR) is 66.4 cm³/mol. The molecule has 0 bridgehead atoms. The van der Waals surface area contributed by atoms with Crippen molar-refractivity contribution in [3.63, 3.8) is 0 Å². The van der Waals surface area contributed by atoms with Gasteiger partial charge in [-0.1, -0.05) is 51.1 Å². The van der Waals surface area contributed by atoms with Crippen molar-refractivity contribution in [1.82, 2.24) is 0 Å². The Labute approximate surface area is 97.9 Å². The van der Waals surface area contributed by atoms with Gasteiger partial charge in [0.05, 0.1) is 0 Å². The molecule has 1 heteroatoms. The summed E-state index contributed by atoms with van der Waals surface area (Å²) in [5, 5.41) is 0. The quantitative estimate of drug-likeness (QED) is 0.748. The minimum absolute atomic E-state index is 0.145. The number of ketones is 1. The second-order valence-electron chi connectivity index (χ2n) is 5.46. The summed E-state index contributed by atoms with van der Waals surface area (Å²) in [6.45, 7) is 6.23. The van der Waals surface area contributed by atoms with E-state index in [4.69, 9.17) is 0 Å². The Kier molecular flexibility index (Phi) is 2.88. The van der Waals surface area contributed by atoms with E-state index >= 15 is 0 Å². The highest BCUT2D eigenvalue weighted by Gasteiger charge is 2.47. The molecule has 2 atom stereocenters. The lowest BCUT2D eigenvalue weighted by Crippen LogP contribution is -2.25. The van der Waals surface area contributed by atoms with Crippen molar-refractivity contribution >= 4 is 5.78 Å². The number of hydrogen-bond donors (Lipinski definition) is 0. The number of benzene rings is 1. The molecular formula is C15H20O. The molecule has 1 aliphatic carbocycles. The fourth-order valence-electron chi connectivity index (χ4n) is 2.23. The van der Waals surface area contributed by atoms with E-state index in [-0.39, 0.29) is 11.3 Å². The van der Waals surface area contributed by atoms with Crippen LogP contribution in [0.25, 0.3) is 0 Å². The van der Waals surface area contributed by atoms with Crippen molar-refractivity contribution in [2.24, 2.45) is 11.3 Å². The number of rotatable bonds is 4. The Morgan fingerprint density at radius 1 is 1.31 bits per heavy atom. The maximum Gasteiger partial charge on any atom is 0.142 e. The Bertz CT molecular complexity index is 378. The molecule has 0 amide bonds. The van der Waals surface area contributed by atoms with Crippen molar-refractivity contribution in [3.8, 4) is 0 Å². The van der Waals surface area contributed by atoms with Gasteiger partial charge in [0, 0.05) is 11.3 Å². The Hall–Kier alpha value is -1.11. The second-order valence-corrected chi connectivity index (χ2v) is 5.46. The first-order chi connectivity index (χ1) is 7.56. The molecule has 1 saturated carbocycles. The van der Waals surface area contributed by atoms with E-state index in [2.05, 4.69) is 45.0 Å². The smallest absolute Gasteiger partial charge is 0.142 e. The molecule has 1 fully saturated rings. The van der Waals surface area contributed by atoms with Gasteiger partial charge in [-0.25, -0.2) is 0 Å². The van der Waals surface area contributed by atoms with Crippen LogP contribution in [0.3, 0.4) is 0 Å². The van der Waals surface area contributed by atoms with E-state index in [0.29, 0.717) is 11.7 Å². The van der Waals surface area contributed by atoms with Gasteiger partial charge in [0.2, 0.25) is 0 Å². The zero-order chi connectivity index (χ0) is 11.8. The Morgan fingerprint density at radius 3 is 2.50 bits per heavy atom. The maximum absolute atomic E-state index is 12.2. The molecular weight excluding hydrogens is 196 g/mol. The van der Waals surface area contributed by atoms with Crippen LogP contribution in [0.4, 0.5) is 0 Å². The van der Waals surface area contributed by atoms with Crippen molar-refractivity contribution in [1.29, 1.82) is 0 Å². The molecule has 1 nitrogen and oxygen atoms in total. The molecule has 2 unspecified atom stereocenters. The monoisotopic (exact) mass is 216 g/mol. The fourth-order valence-corrected chi connectivity index (χ4v) is 2.23. The Morgan fingerprint density at radius 2 is 1.94 bits per heavy atom. The van der Waals surface area contributed by atoms with Crippen LogP contribution in [0, 0.1) is 11.3 Å². The van der Waals surface area contributed by atoms with E-state index in [0.717, 1.165) is 12.8 Å². The summed E-state index contributed by atoms with van der Waals surface area (Å²) < 4.78 is 0. The zero-order valence-electron chi connectivity index (χ0n) is 10.4. The minimum atomic E-state index is -0.145. The first kappa shape index (κ1) is 11.4. The van der Waals surface area contributed by atoms with E-state index in [1.165, 1.54) is 5.56 Å². The molecule has 1 aromatic rings. The average Bonchev–Trinajstić information content (AvgIpc) is 3.09. The highest BCUT2D eigenvalue weighted by atomic mass is 16.1. The molecule has 16 heavy (non-hydrogen) atoms. The van der Waals surface area contributed by atoms with Gasteiger partial charge in [0.1, 0.15) is 5.78 Å². The summed E-state index contributed by atoms with van der Waals surface area (Å²) in [7, 11) is 0. The van der Waals surface area contributed by atoms with E-state index < -0.39 is 0 Å². The first-order valence-corrected chi connectivity index (χ1v) is 6.15. The lowest BCUT2D eigenvalue weighted by atomic mass is 9.82. The van der Waals surface area contributed by atoms with Gasteiger partial charge < -0.3 is 0 Å². The van der Waals surface area contributed by atoms with Gasteiger partial charge in [-0.05, 0) is 24.3 Å². The SMILES string of the molecule is CCC(C)(C)C(=O)C1CC1c1ccccc1. The average molecular weight is 216 g/mol. The van der Waals surface area contributed by atoms with Crippen molar-refractivity contribution in [2.45, 2.75) is 39.5 Å². The molecule has 0 N–H and O–H groups in total. The highest BCUT2D eigenvalue weighted by Crippen LogP contribution is 2.51. The van der Waals surface area contributed by atoms with Crippen LogP contribution in [-0.4, -0.2) is 5.78 Å². The van der Waals surface area contributed by atoms with Gasteiger partial charge >= 0.3 is 0 Å². The molecule has 0 radical (unpaired) electrons. The number of hydrogen-bond acceptors (Lipinski definition) is 1. The van der Waals surface area contributed by atoms with Crippen LogP contribution in [0.2, 0.25) is 0 Å². The van der Waals surface area contributed by atoms with Gasteiger partial charge in [-0.15, -0.1) is 0 Å². The third-order valence-corrected chi connectivity index (χ3v) is 3.91. The van der Waals surface area contributed by atoms with Crippen molar-refractivity contribution in [2.75, 3.05) is 0 Å². The van der Waals surface area contributed by atoms with E-state index in [1.807, 2.05) is 6.07 Å². The van der Waals surface area contributed by atoms with Crippen molar-refractivity contribution in [3.05, 3.63) is 35.9 Å². The maximum atomic E-state index is 12.2. The number of carbonyl (C=O) groups is 1. The van der Waals surface area contributed by atoms with Crippen LogP contribution < -0.4 is 0 Å². The molecule has 2 rings (SSSR count). The summed E-state index contributed by atoms with van der Waals surface area (Å²) in [6, 6.07) is 10.4. The van der Waals surface area contributed by atoms with Crippen LogP contribution in [0.15, 0.2) is 30.3 Å². The molecule has 86 valence electrons. The van der Waals surface area contributed by atoms with Crippen molar-refractivity contribution < 1.29 is 4.79 Å². The fraction of sp³-hybridized carbons (Fsp3) is 0.533. The predicted octanol–water partition coefficient (Wildman–Crippen LogP) is 3.80. The molecule has 0 saturated heterocycles. The molecule has 0 spiro atoms. The summed E-state index contributed by atoms with van der Waals surface area (Å²) in [4.78, 5) is 12.2. The third-order valence-electron chi connectivity index (χ3n) is 3.91. The summed E-state index contributed by atoms with van der Waals surface area (Å²) in [5.41, 5.74) is 1.18. The normalized spacial score (nSPS) is 24.2. The summed E-state index contributed by atoms with van der Waals surface area (Å²) in [5.74, 6) is 1.21. The van der Waals surface area contributed by atoms with E-state index in [9.17, 15) is 4.79 Å². The second kappa shape index (κ2) is 4.04. The molecule has 1 aromatic carbocycles. The topological polar surface area (TPSA) is 17.1 Å². The molecule has 1 aliphatic rings. The minimum Gasteiger partial charge on any atom is -0.299 e. The van der Waals surface area contributed by atoms with Gasteiger partial charge in [-0.2, -0.15) is 0 Å². The number of carbonyl (C=O) groups excluding carboxylic acids is 1. The number of Topliss-reactive ketones (excluding diaryl/α,β-unsaturated/α-hetero) is 1. The zero-order valence-corrected chi connectivity index (χ0v) is 10.4. The summed E-state index contributed by atoms with van der Waals surface area (Å²) >= 11 is 0. The van der Waals surface area contributed by atoms with Gasteiger partial charge in [0.15, 0.2) is 0 Å². The standard InChI is InChI=1S/C15H20O/c1-4-15(2,3)14(16)13-10-12(13)11-8-6-5-7-9-11/h5-9,12-13H,4,10H2,1-3H3. The Balaban J connectivity index is 2.05. The van der Waals surface area contributed by atoms with Gasteiger partial charge in [-0.3, -0.25) is 4.79 Å². The van der Waals surface area contributed by atoms with Crippen LogP contribution in [-0.2, 0) is 4.79 Å². The molecule has 0 heterocycles. The lowest BCUT2D eigenvalue weighted by Gasteiger charge is -2.20. The van der Waals surface area contributed by atoms with Crippen LogP contribution in [0.5, 0.6) is 0 Å². The molecule has 0 aliphatic heterocycles. The highest BCUT2D eigenvalue weighted by molar-refractivity contribution is 5.89. The first-order valence-electron chi connectivity index (χ1n) is 6.15. The van der Waals surface area contributed by atoms with E-state index in [1.54, 1.807) is 0 Å². The third kappa shape index (κ3) is 2.04. The van der Waals surface area contributed by atoms with Crippen LogP contribution >= 0.6 is 0 Å². The lowest BCUT2D eigenvalue weighted by molar-refractivity contribution is -0.128. The van der Waals surface area contributed by atoms with Gasteiger partial charge in [0.25, 0.3) is 0 Å². The largest absolute Gasteiger partial charge is 0.299 e. The van der Waals surface area contributed by atoms with Crippen LogP contribution in [0.1, 0.15) is 45.1 Å². The molecule has 0 aromatic heterocycles. The summed E-state index contributed by atoms with van der Waals surface area (Å²) in [6.07, 6.45) is 1.98.